The van der Waals surface area contributed by atoms with Crippen LogP contribution in [0.1, 0.15) is 37.2 Å². The highest BCUT2D eigenvalue weighted by Crippen LogP contribution is 2.53. The van der Waals surface area contributed by atoms with E-state index in [-0.39, 0.29) is 35.5 Å². The second kappa shape index (κ2) is 10.6. The molecule has 2 aliphatic heterocycles. The number of carbonyl (C=O) groups is 2. The SMILES string of the molecule is COc1cc([C@H]2OC[C@H]3[C@@H]2CO[C@@H]3c2cc(OC)c(OC(C)=O)c(OC)c2)cc(OC)c1OC(C)=O. The Morgan fingerprint density at radius 1 is 0.639 bits per heavy atom. The summed E-state index contributed by atoms with van der Waals surface area (Å²) in [7, 11) is 6.00. The lowest BCUT2D eigenvalue weighted by atomic mass is 9.84. The minimum absolute atomic E-state index is 0.0501. The van der Waals surface area contributed by atoms with Crippen LogP contribution in [0.5, 0.6) is 34.5 Å². The van der Waals surface area contributed by atoms with Crippen LogP contribution in [-0.4, -0.2) is 53.6 Å². The van der Waals surface area contributed by atoms with Crippen LogP contribution in [0.4, 0.5) is 0 Å². The maximum atomic E-state index is 11.6. The van der Waals surface area contributed by atoms with Gasteiger partial charge in [-0.25, -0.2) is 0 Å². The summed E-state index contributed by atoms with van der Waals surface area (Å²) in [6.07, 6.45) is -0.559. The van der Waals surface area contributed by atoms with E-state index in [1.807, 2.05) is 0 Å². The van der Waals surface area contributed by atoms with Crippen LogP contribution in [0.3, 0.4) is 0 Å². The van der Waals surface area contributed by atoms with E-state index in [0.29, 0.717) is 36.2 Å². The Bertz CT molecular complexity index is 1000. The molecule has 194 valence electrons. The predicted molar refractivity (Wildman–Crippen MR) is 126 cm³/mol. The first-order valence-electron chi connectivity index (χ1n) is 11.4. The third kappa shape index (κ3) is 4.78. The van der Waals surface area contributed by atoms with Crippen LogP contribution in [0, 0.1) is 11.8 Å². The maximum Gasteiger partial charge on any atom is 0.308 e. The molecule has 10 nitrogen and oxygen atoms in total. The molecule has 4 atom stereocenters. The normalized spacial score (nSPS) is 22.5. The average molecular weight is 503 g/mol. The molecule has 2 aromatic carbocycles. The number of fused-ring (bicyclic) bond motifs is 1. The largest absolute Gasteiger partial charge is 0.493 e. The van der Waals surface area contributed by atoms with Crippen molar-refractivity contribution < 1.29 is 47.5 Å². The van der Waals surface area contributed by atoms with Crippen molar-refractivity contribution in [2.24, 2.45) is 11.8 Å². The molecular formula is C26H30O10. The van der Waals surface area contributed by atoms with Gasteiger partial charge in [0, 0.05) is 25.7 Å². The zero-order valence-corrected chi connectivity index (χ0v) is 21.1. The number of carbonyl (C=O) groups excluding carboxylic acids is 2. The quantitative estimate of drug-likeness (QED) is 0.392. The summed E-state index contributed by atoms with van der Waals surface area (Å²) in [4.78, 5) is 23.1. The number of methoxy groups -OCH3 is 4. The summed E-state index contributed by atoms with van der Waals surface area (Å²) in [5, 5.41) is 0. The highest BCUT2D eigenvalue weighted by atomic mass is 16.6. The van der Waals surface area contributed by atoms with E-state index in [1.165, 1.54) is 42.3 Å². The van der Waals surface area contributed by atoms with Crippen molar-refractivity contribution in [3.8, 4) is 34.5 Å². The predicted octanol–water partition coefficient (Wildman–Crippen LogP) is 3.65. The molecule has 36 heavy (non-hydrogen) atoms. The monoisotopic (exact) mass is 502 g/mol. The fraction of sp³-hybridized carbons (Fsp3) is 0.462. The van der Waals surface area contributed by atoms with Gasteiger partial charge in [0.1, 0.15) is 0 Å². The molecule has 0 bridgehead atoms. The number of hydrogen-bond acceptors (Lipinski definition) is 10. The second-order valence-electron chi connectivity index (χ2n) is 8.53. The molecule has 10 heteroatoms. The topological polar surface area (TPSA) is 108 Å². The van der Waals surface area contributed by atoms with Crippen LogP contribution in [0.25, 0.3) is 0 Å². The van der Waals surface area contributed by atoms with Gasteiger partial charge in [-0.1, -0.05) is 0 Å². The summed E-state index contributed by atoms with van der Waals surface area (Å²) in [5.41, 5.74) is 1.66. The van der Waals surface area contributed by atoms with Gasteiger partial charge in [-0.15, -0.1) is 0 Å². The Morgan fingerprint density at radius 3 is 1.19 bits per heavy atom. The van der Waals surface area contributed by atoms with Gasteiger partial charge >= 0.3 is 11.9 Å². The molecule has 2 heterocycles. The molecule has 0 N–H and O–H groups in total. The van der Waals surface area contributed by atoms with Gasteiger partial charge in [0.15, 0.2) is 23.0 Å². The molecule has 0 radical (unpaired) electrons. The molecule has 0 unspecified atom stereocenters. The zero-order valence-electron chi connectivity index (χ0n) is 21.1. The lowest BCUT2D eigenvalue weighted by Gasteiger charge is -2.20. The molecule has 0 aliphatic carbocycles. The smallest absolute Gasteiger partial charge is 0.308 e. The first-order valence-corrected chi connectivity index (χ1v) is 11.4. The van der Waals surface area contributed by atoms with Crippen LogP contribution < -0.4 is 28.4 Å². The van der Waals surface area contributed by atoms with Gasteiger partial charge in [0.2, 0.25) is 11.5 Å². The number of esters is 2. The van der Waals surface area contributed by atoms with E-state index in [1.54, 1.807) is 24.3 Å². The van der Waals surface area contributed by atoms with Gasteiger partial charge < -0.3 is 37.9 Å². The first kappa shape index (κ1) is 25.6. The van der Waals surface area contributed by atoms with Crippen molar-refractivity contribution in [2.45, 2.75) is 26.1 Å². The molecule has 2 fully saturated rings. The molecule has 4 rings (SSSR count). The Kier molecular flexibility index (Phi) is 7.56. The summed E-state index contributed by atoms with van der Waals surface area (Å²) < 4.78 is 45.0. The van der Waals surface area contributed by atoms with Gasteiger partial charge in [-0.05, 0) is 35.4 Å². The van der Waals surface area contributed by atoms with E-state index in [9.17, 15) is 9.59 Å². The van der Waals surface area contributed by atoms with Crippen molar-refractivity contribution >= 4 is 11.9 Å². The molecule has 2 aliphatic rings. The van der Waals surface area contributed by atoms with Crippen LogP contribution in [0.15, 0.2) is 24.3 Å². The first-order chi connectivity index (χ1) is 17.3. The Balaban J connectivity index is 1.63. The van der Waals surface area contributed by atoms with Crippen molar-refractivity contribution in [2.75, 3.05) is 41.7 Å². The molecule has 0 amide bonds. The molecule has 2 saturated heterocycles. The Morgan fingerprint density at radius 2 is 0.944 bits per heavy atom. The van der Waals surface area contributed by atoms with E-state index >= 15 is 0 Å². The summed E-state index contributed by atoms with van der Waals surface area (Å²) in [6, 6.07) is 7.17. The number of rotatable bonds is 8. The summed E-state index contributed by atoms with van der Waals surface area (Å²) in [6.45, 7) is 3.56. The van der Waals surface area contributed by atoms with Gasteiger partial charge in [0.25, 0.3) is 0 Å². The third-order valence-electron chi connectivity index (χ3n) is 6.38. The van der Waals surface area contributed by atoms with E-state index in [2.05, 4.69) is 0 Å². The summed E-state index contributed by atoms with van der Waals surface area (Å²) >= 11 is 0. The van der Waals surface area contributed by atoms with Crippen molar-refractivity contribution in [3.05, 3.63) is 35.4 Å². The lowest BCUT2D eigenvalue weighted by Crippen LogP contribution is -2.15. The number of hydrogen-bond donors (Lipinski definition) is 0. The Labute approximate surface area is 209 Å². The van der Waals surface area contributed by atoms with Gasteiger partial charge in [0.05, 0.1) is 53.9 Å². The standard InChI is InChI=1S/C26H30O10/c1-13(27)35-25-19(29-3)7-15(8-20(25)30-4)23-17-11-34-24(18(17)12-33-23)16-9-21(31-5)26(36-14(2)28)22(10-16)32-6/h7-10,17-18,23-24H,11-12H2,1-6H3/t17-,18-,23+,24+/m0/s1. The second-order valence-corrected chi connectivity index (χ2v) is 8.53. The fourth-order valence-electron chi connectivity index (χ4n) is 4.85. The third-order valence-corrected chi connectivity index (χ3v) is 6.38. The minimum Gasteiger partial charge on any atom is -0.493 e. The number of benzene rings is 2. The zero-order chi connectivity index (χ0) is 26.0. The van der Waals surface area contributed by atoms with Crippen molar-refractivity contribution in [3.63, 3.8) is 0 Å². The Hall–Kier alpha value is -3.50. The van der Waals surface area contributed by atoms with E-state index in [0.717, 1.165) is 11.1 Å². The van der Waals surface area contributed by atoms with Crippen LogP contribution in [0.2, 0.25) is 0 Å². The summed E-state index contributed by atoms with van der Waals surface area (Å²) in [5.74, 6) is 1.08. The van der Waals surface area contributed by atoms with E-state index in [4.69, 9.17) is 37.9 Å². The average Bonchev–Trinajstić information content (AvgIpc) is 3.46. The van der Waals surface area contributed by atoms with Gasteiger partial charge in [-0.2, -0.15) is 0 Å². The van der Waals surface area contributed by atoms with Crippen molar-refractivity contribution in [1.82, 2.24) is 0 Å². The fourth-order valence-corrected chi connectivity index (χ4v) is 4.85. The van der Waals surface area contributed by atoms with Crippen molar-refractivity contribution in [1.29, 1.82) is 0 Å². The highest BCUT2D eigenvalue weighted by molar-refractivity contribution is 5.73. The van der Waals surface area contributed by atoms with E-state index < -0.39 is 11.9 Å². The molecule has 0 aromatic heterocycles. The molecular weight excluding hydrogens is 472 g/mol. The minimum atomic E-state index is -0.478. The van der Waals surface area contributed by atoms with Gasteiger partial charge in [-0.3, -0.25) is 9.59 Å². The van der Waals surface area contributed by atoms with Crippen LogP contribution >= 0.6 is 0 Å². The molecule has 0 spiro atoms. The molecule has 0 saturated carbocycles. The molecule has 2 aromatic rings. The highest BCUT2D eigenvalue weighted by Gasteiger charge is 2.48. The lowest BCUT2D eigenvalue weighted by molar-refractivity contribution is -0.133. The number of ether oxygens (including phenoxy) is 8. The van der Waals surface area contributed by atoms with Crippen LogP contribution in [-0.2, 0) is 19.1 Å². The maximum absolute atomic E-state index is 11.6.